The van der Waals surface area contributed by atoms with Crippen molar-refractivity contribution >= 4 is 21.6 Å². The van der Waals surface area contributed by atoms with E-state index in [2.05, 4.69) is 4.90 Å². The van der Waals surface area contributed by atoms with E-state index in [0.717, 1.165) is 25.1 Å². The molecule has 1 aromatic carbocycles. The normalized spacial score (nSPS) is 19.3. The number of halogens is 2. The first-order valence-electron chi connectivity index (χ1n) is 6.05. The molecule has 0 radical (unpaired) electrons. The van der Waals surface area contributed by atoms with Crippen molar-refractivity contribution in [1.29, 1.82) is 0 Å². The van der Waals surface area contributed by atoms with Crippen LogP contribution >= 0.6 is 11.6 Å². The highest BCUT2D eigenvalue weighted by atomic mass is 35.5. The van der Waals surface area contributed by atoms with Crippen LogP contribution in [-0.2, 0) is 10.0 Å². The third kappa shape index (κ3) is 3.25. The largest absolute Gasteiger partial charge is 0.305 e. The first-order valence-corrected chi connectivity index (χ1v) is 7.87. The molecule has 0 spiro atoms. The minimum atomic E-state index is -3.73. The van der Waals surface area contributed by atoms with Crippen LogP contribution in [0.15, 0.2) is 23.1 Å². The molecule has 0 aromatic heterocycles. The predicted octanol–water partition coefficient (Wildman–Crippen LogP) is 1.81. The number of hydrogen-bond acceptors (Lipinski definition) is 3. The summed E-state index contributed by atoms with van der Waals surface area (Å²) >= 11 is 5.89. The summed E-state index contributed by atoms with van der Waals surface area (Å²) in [5.41, 5.74) is 0. The summed E-state index contributed by atoms with van der Waals surface area (Å²) < 4.78 is 39.6. The molecule has 0 atom stereocenters. The molecule has 106 valence electrons. The first-order chi connectivity index (χ1) is 8.91. The SMILES string of the molecule is CN1CCCN(S(=O)(=O)c2cc(F)ccc2Cl)CC1. The Labute approximate surface area is 117 Å². The van der Waals surface area contributed by atoms with Gasteiger partial charge in [-0.2, -0.15) is 4.31 Å². The molecular formula is C12H16ClFN2O2S. The van der Waals surface area contributed by atoms with Crippen LogP contribution in [0.5, 0.6) is 0 Å². The molecule has 7 heteroatoms. The Balaban J connectivity index is 2.33. The van der Waals surface area contributed by atoms with Gasteiger partial charge < -0.3 is 4.90 Å². The maximum absolute atomic E-state index is 13.2. The monoisotopic (exact) mass is 306 g/mol. The predicted molar refractivity (Wildman–Crippen MR) is 72.3 cm³/mol. The molecule has 0 aliphatic carbocycles. The average Bonchev–Trinajstić information content (AvgIpc) is 2.57. The number of nitrogens with zero attached hydrogens (tertiary/aromatic N) is 2. The van der Waals surface area contributed by atoms with Crippen molar-refractivity contribution in [3.05, 3.63) is 29.0 Å². The molecule has 4 nitrogen and oxygen atoms in total. The van der Waals surface area contributed by atoms with E-state index < -0.39 is 15.8 Å². The minimum absolute atomic E-state index is 0.0546. The Bertz CT molecular complexity index is 565. The quantitative estimate of drug-likeness (QED) is 0.836. The van der Waals surface area contributed by atoms with Crippen LogP contribution in [0.1, 0.15) is 6.42 Å². The zero-order chi connectivity index (χ0) is 14.0. The van der Waals surface area contributed by atoms with E-state index in [9.17, 15) is 12.8 Å². The lowest BCUT2D eigenvalue weighted by atomic mass is 10.3. The molecule has 1 aliphatic heterocycles. The second kappa shape index (κ2) is 5.75. The van der Waals surface area contributed by atoms with Gasteiger partial charge in [-0.3, -0.25) is 0 Å². The van der Waals surface area contributed by atoms with Gasteiger partial charge in [-0.1, -0.05) is 11.6 Å². The van der Waals surface area contributed by atoms with Crippen LogP contribution < -0.4 is 0 Å². The van der Waals surface area contributed by atoms with E-state index in [1.54, 1.807) is 0 Å². The van der Waals surface area contributed by atoms with Crippen LogP contribution in [0.2, 0.25) is 5.02 Å². The number of likely N-dealkylation sites (N-methyl/N-ethyl adjacent to an activating group) is 1. The Morgan fingerprint density at radius 3 is 2.68 bits per heavy atom. The number of benzene rings is 1. The van der Waals surface area contributed by atoms with Gasteiger partial charge in [0.25, 0.3) is 0 Å². The lowest BCUT2D eigenvalue weighted by Crippen LogP contribution is -2.34. The third-order valence-electron chi connectivity index (χ3n) is 3.19. The van der Waals surface area contributed by atoms with Crippen molar-refractivity contribution in [3.8, 4) is 0 Å². The fourth-order valence-electron chi connectivity index (χ4n) is 2.08. The molecule has 0 bridgehead atoms. The molecule has 1 saturated heterocycles. The molecule has 0 N–H and O–H groups in total. The summed E-state index contributed by atoms with van der Waals surface area (Å²) in [6.07, 6.45) is 0.753. The second-order valence-electron chi connectivity index (χ2n) is 4.64. The summed E-state index contributed by atoms with van der Waals surface area (Å²) in [7, 11) is -1.78. The van der Waals surface area contributed by atoms with Crippen molar-refractivity contribution in [2.75, 3.05) is 33.2 Å². The van der Waals surface area contributed by atoms with Gasteiger partial charge in [0.1, 0.15) is 10.7 Å². The topological polar surface area (TPSA) is 40.6 Å². The van der Waals surface area contributed by atoms with E-state index in [-0.39, 0.29) is 9.92 Å². The fraction of sp³-hybridized carbons (Fsp3) is 0.500. The van der Waals surface area contributed by atoms with Crippen molar-refractivity contribution in [2.45, 2.75) is 11.3 Å². The number of sulfonamides is 1. The van der Waals surface area contributed by atoms with E-state index in [1.807, 2.05) is 7.05 Å². The van der Waals surface area contributed by atoms with Gasteiger partial charge in [0.2, 0.25) is 10.0 Å². The van der Waals surface area contributed by atoms with Gasteiger partial charge in [0.15, 0.2) is 0 Å². The molecule has 0 unspecified atom stereocenters. The van der Waals surface area contributed by atoms with Crippen LogP contribution in [0, 0.1) is 5.82 Å². The Kier molecular flexibility index (Phi) is 4.45. The average molecular weight is 307 g/mol. The zero-order valence-corrected chi connectivity index (χ0v) is 12.2. The molecule has 1 aromatic rings. The van der Waals surface area contributed by atoms with Gasteiger partial charge in [-0.25, -0.2) is 12.8 Å². The van der Waals surface area contributed by atoms with Crippen molar-refractivity contribution < 1.29 is 12.8 Å². The fourth-order valence-corrected chi connectivity index (χ4v) is 4.03. The van der Waals surface area contributed by atoms with Crippen molar-refractivity contribution in [3.63, 3.8) is 0 Å². The van der Waals surface area contributed by atoms with E-state index >= 15 is 0 Å². The van der Waals surface area contributed by atoms with Crippen LogP contribution in [0.3, 0.4) is 0 Å². The lowest BCUT2D eigenvalue weighted by molar-refractivity contribution is 0.347. The van der Waals surface area contributed by atoms with Crippen LogP contribution in [-0.4, -0.2) is 50.8 Å². The molecule has 19 heavy (non-hydrogen) atoms. The molecule has 1 fully saturated rings. The number of rotatable bonds is 2. The summed E-state index contributed by atoms with van der Waals surface area (Å²) in [5.74, 6) is -0.602. The molecular weight excluding hydrogens is 291 g/mol. The van der Waals surface area contributed by atoms with Gasteiger partial charge in [0.05, 0.1) is 5.02 Å². The number of hydrogen-bond donors (Lipinski definition) is 0. The Morgan fingerprint density at radius 1 is 1.21 bits per heavy atom. The summed E-state index contributed by atoms with van der Waals surface area (Å²) in [4.78, 5) is 1.92. The Hall–Kier alpha value is -0.690. The van der Waals surface area contributed by atoms with E-state index in [1.165, 1.54) is 10.4 Å². The summed E-state index contributed by atoms with van der Waals surface area (Å²) in [6, 6.07) is 3.40. The Morgan fingerprint density at radius 2 is 1.95 bits per heavy atom. The standard InChI is InChI=1S/C12H16ClFN2O2S/c1-15-5-2-6-16(8-7-15)19(17,18)12-9-10(14)3-4-11(12)13/h3-4,9H,2,5-8H2,1H3. The van der Waals surface area contributed by atoms with Gasteiger partial charge in [-0.15, -0.1) is 0 Å². The second-order valence-corrected chi connectivity index (χ2v) is 6.95. The highest BCUT2D eigenvalue weighted by molar-refractivity contribution is 7.89. The highest BCUT2D eigenvalue weighted by Crippen LogP contribution is 2.26. The molecule has 1 aliphatic rings. The van der Waals surface area contributed by atoms with E-state index in [0.29, 0.717) is 19.6 Å². The van der Waals surface area contributed by atoms with Crippen LogP contribution in [0.25, 0.3) is 0 Å². The summed E-state index contributed by atoms with van der Waals surface area (Å²) in [5, 5.41) is 0.0546. The summed E-state index contributed by atoms with van der Waals surface area (Å²) in [6.45, 7) is 2.33. The van der Waals surface area contributed by atoms with Gasteiger partial charge >= 0.3 is 0 Å². The molecule has 2 rings (SSSR count). The first kappa shape index (κ1) is 14.7. The zero-order valence-electron chi connectivity index (χ0n) is 10.6. The van der Waals surface area contributed by atoms with Crippen molar-refractivity contribution in [1.82, 2.24) is 9.21 Å². The van der Waals surface area contributed by atoms with Crippen molar-refractivity contribution in [2.24, 2.45) is 0 Å². The van der Waals surface area contributed by atoms with E-state index in [4.69, 9.17) is 11.6 Å². The van der Waals surface area contributed by atoms with Crippen LogP contribution in [0.4, 0.5) is 4.39 Å². The minimum Gasteiger partial charge on any atom is -0.305 e. The highest BCUT2D eigenvalue weighted by Gasteiger charge is 2.28. The van der Waals surface area contributed by atoms with Gasteiger partial charge in [-0.05, 0) is 38.2 Å². The molecule has 0 amide bonds. The van der Waals surface area contributed by atoms with Gasteiger partial charge in [0, 0.05) is 19.6 Å². The maximum atomic E-state index is 13.2. The molecule has 0 saturated carbocycles. The lowest BCUT2D eigenvalue weighted by Gasteiger charge is -2.20. The maximum Gasteiger partial charge on any atom is 0.244 e. The third-order valence-corrected chi connectivity index (χ3v) is 5.57. The molecule has 1 heterocycles. The smallest absolute Gasteiger partial charge is 0.244 e.